The second-order valence-corrected chi connectivity index (χ2v) is 4.94. The molecule has 84 valence electrons. The first-order valence-corrected chi connectivity index (χ1v) is 5.36. The van der Waals surface area contributed by atoms with E-state index >= 15 is 0 Å². The van der Waals surface area contributed by atoms with Gasteiger partial charge in [0.25, 0.3) is 0 Å². The summed E-state index contributed by atoms with van der Waals surface area (Å²) in [6.07, 6.45) is 1.81. The summed E-state index contributed by atoms with van der Waals surface area (Å²) >= 11 is 0. The number of rotatable bonds is 3. The molecule has 0 bridgehead atoms. The first-order valence-electron chi connectivity index (χ1n) is 5.36. The number of allylic oxidation sites excluding steroid dienone is 2. The highest BCUT2D eigenvalue weighted by Crippen LogP contribution is 2.36. The molecular formula is C12H18O3. The number of carbonyl (C=O) groups is 2. The van der Waals surface area contributed by atoms with E-state index in [1.54, 1.807) is 0 Å². The lowest BCUT2D eigenvalue weighted by atomic mass is 9.75. The zero-order chi connectivity index (χ0) is 11.6. The Balaban J connectivity index is 2.97. The van der Waals surface area contributed by atoms with Gasteiger partial charge in [-0.15, -0.1) is 0 Å². The number of hydrogen-bond donors (Lipinski definition) is 1. The van der Waals surface area contributed by atoms with E-state index in [1.807, 2.05) is 20.8 Å². The highest BCUT2D eigenvalue weighted by atomic mass is 16.3. The molecule has 1 aliphatic rings. The Kier molecular flexibility index (Phi) is 3.32. The predicted octanol–water partition coefficient (Wildman–Crippen LogP) is 2.56. The maximum atomic E-state index is 11.7. The summed E-state index contributed by atoms with van der Waals surface area (Å²) < 4.78 is 0. The van der Waals surface area contributed by atoms with Crippen molar-refractivity contribution in [2.45, 2.75) is 46.5 Å². The third-order valence-corrected chi connectivity index (χ3v) is 2.61. The molecule has 0 aromatic carbocycles. The van der Waals surface area contributed by atoms with Crippen LogP contribution in [0.15, 0.2) is 11.3 Å². The van der Waals surface area contributed by atoms with Crippen LogP contribution in [0.25, 0.3) is 0 Å². The first kappa shape index (κ1) is 12.0. The Morgan fingerprint density at radius 3 is 2.47 bits per heavy atom. The van der Waals surface area contributed by atoms with Gasteiger partial charge in [0.1, 0.15) is 5.76 Å². The highest BCUT2D eigenvalue weighted by Gasteiger charge is 2.35. The molecule has 0 saturated carbocycles. The SMILES string of the molecule is CCCC(=O)C1=C(O)CC(C)(C)CC1=O. The van der Waals surface area contributed by atoms with E-state index < -0.39 is 0 Å². The summed E-state index contributed by atoms with van der Waals surface area (Å²) in [4.78, 5) is 23.3. The van der Waals surface area contributed by atoms with Crippen LogP contribution in [0, 0.1) is 5.41 Å². The summed E-state index contributed by atoms with van der Waals surface area (Å²) in [5.41, 5.74) is -0.173. The van der Waals surface area contributed by atoms with E-state index in [2.05, 4.69) is 0 Å². The molecule has 0 aliphatic heterocycles. The number of hydrogen-bond acceptors (Lipinski definition) is 3. The molecule has 0 heterocycles. The lowest BCUT2D eigenvalue weighted by Crippen LogP contribution is -2.29. The lowest BCUT2D eigenvalue weighted by Gasteiger charge is -2.28. The van der Waals surface area contributed by atoms with Crippen molar-refractivity contribution in [1.82, 2.24) is 0 Å². The van der Waals surface area contributed by atoms with E-state index in [-0.39, 0.29) is 28.3 Å². The van der Waals surface area contributed by atoms with Gasteiger partial charge in [-0.3, -0.25) is 9.59 Å². The molecule has 0 atom stereocenters. The Hall–Kier alpha value is -1.12. The molecule has 0 saturated heterocycles. The number of Topliss-reactive ketones (excluding diaryl/α,β-unsaturated/α-hetero) is 2. The molecule has 1 N–H and O–H groups in total. The van der Waals surface area contributed by atoms with Crippen molar-refractivity contribution in [1.29, 1.82) is 0 Å². The van der Waals surface area contributed by atoms with Crippen molar-refractivity contribution in [3.63, 3.8) is 0 Å². The van der Waals surface area contributed by atoms with Crippen LogP contribution in [0.5, 0.6) is 0 Å². The quantitative estimate of drug-likeness (QED) is 0.728. The standard InChI is InChI=1S/C12H18O3/c1-4-5-8(13)11-9(14)6-12(2,3)7-10(11)15/h14H,4-7H2,1-3H3. The van der Waals surface area contributed by atoms with Gasteiger partial charge >= 0.3 is 0 Å². The summed E-state index contributed by atoms with van der Waals surface area (Å²) in [5.74, 6) is -0.438. The Bertz CT molecular complexity index is 324. The average Bonchev–Trinajstić information content (AvgIpc) is 1.99. The van der Waals surface area contributed by atoms with Gasteiger partial charge in [-0.05, 0) is 11.8 Å². The van der Waals surface area contributed by atoms with Gasteiger partial charge in [0, 0.05) is 19.3 Å². The topological polar surface area (TPSA) is 54.4 Å². The minimum atomic E-state index is -0.225. The second kappa shape index (κ2) is 4.17. The molecule has 0 aromatic heterocycles. The minimum Gasteiger partial charge on any atom is -0.511 e. The fourth-order valence-electron chi connectivity index (χ4n) is 1.96. The van der Waals surface area contributed by atoms with Crippen LogP contribution in [0.1, 0.15) is 46.5 Å². The largest absolute Gasteiger partial charge is 0.511 e. The van der Waals surface area contributed by atoms with Crippen molar-refractivity contribution < 1.29 is 14.7 Å². The van der Waals surface area contributed by atoms with Crippen LogP contribution < -0.4 is 0 Å². The van der Waals surface area contributed by atoms with E-state index in [0.29, 0.717) is 25.7 Å². The van der Waals surface area contributed by atoms with Crippen molar-refractivity contribution in [2.24, 2.45) is 5.41 Å². The Morgan fingerprint density at radius 1 is 1.40 bits per heavy atom. The molecule has 1 aliphatic carbocycles. The lowest BCUT2D eigenvalue weighted by molar-refractivity contribution is -0.123. The van der Waals surface area contributed by atoms with Gasteiger partial charge in [-0.2, -0.15) is 0 Å². The zero-order valence-corrected chi connectivity index (χ0v) is 9.59. The average molecular weight is 210 g/mol. The summed E-state index contributed by atoms with van der Waals surface area (Å²) in [5, 5.41) is 9.71. The molecular weight excluding hydrogens is 192 g/mol. The normalized spacial score (nSPS) is 20.6. The van der Waals surface area contributed by atoms with Gasteiger partial charge in [0.15, 0.2) is 11.6 Å². The van der Waals surface area contributed by atoms with Crippen molar-refractivity contribution in [2.75, 3.05) is 0 Å². The summed E-state index contributed by atoms with van der Waals surface area (Å²) in [6.45, 7) is 5.72. The summed E-state index contributed by atoms with van der Waals surface area (Å²) in [6, 6.07) is 0. The van der Waals surface area contributed by atoms with Gasteiger partial charge in [0.05, 0.1) is 5.57 Å². The monoisotopic (exact) mass is 210 g/mol. The van der Waals surface area contributed by atoms with Crippen LogP contribution >= 0.6 is 0 Å². The third kappa shape index (κ3) is 2.67. The molecule has 1 rings (SSSR count). The van der Waals surface area contributed by atoms with Crippen molar-refractivity contribution in [3.8, 4) is 0 Å². The molecule has 0 radical (unpaired) electrons. The van der Waals surface area contributed by atoms with Crippen LogP contribution in [-0.2, 0) is 9.59 Å². The van der Waals surface area contributed by atoms with E-state index in [4.69, 9.17) is 0 Å². The number of aliphatic hydroxyl groups excluding tert-OH is 1. The molecule has 0 amide bonds. The number of carbonyl (C=O) groups excluding carboxylic acids is 2. The van der Waals surface area contributed by atoms with Gasteiger partial charge in [0.2, 0.25) is 0 Å². The van der Waals surface area contributed by atoms with E-state index in [1.165, 1.54) is 0 Å². The Labute approximate surface area is 90.2 Å². The number of ketones is 2. The molecule has 0 unspecified atom stereocenters. The fourth-order valence-corrected chi connectivity index (χ4v) is 1.96. The molecule has 0 fully saturated rings. The fraction of sp³-hybridized carbons (Fsp3) is 0.667. The molecule has 3 nitrogen and oxygen atoms in total. The third-order valence-electron chi connectivity index (χ3n) is 2.61. The minimum absolute atomic E-state index is 0.0188. The first-order chi connectivity index (χ1) is 6.87. The smallest absolute Gasteiger partial charge is 0.170 e. The highest BCUT2D eigenvalue weighted by molar-refractivity contribution is 6.21. The van der Waals surface area contributed by atoms with Gasteiger partial charge in [-0.1, -0.05) is 20.8 Å². The second-order valence-electron chi connectivity index (χ2n) is 4.94. The zero-order valence-electron chi connectivity index (χ0n) is 9.59. The van der Waals surface area contributed by atoms with Crippen LogP contribution in [0.2, 0.25) is 0 Å². The molecule has 0 aromatic rings. The summed E-state index contributed by atoms with van der Waals surface area (Å²) in [7, 11) is 0. The maximum Gasteiger partial charge on any atom is 0.170 e. The van der Waals surface area contributed by atoms with Crippen LogP contribution in [0.3, 0.4) is 0 Å². The molecule has 15 heavy (non-hydrogen) atoms. The van der Waals surface area contributed by atoms with Crippen LogP contribution in [-0.4, -0.2) is 16.7 Å². The van der Waals surface area contributed by atoms with Crippen molar-refractivity contribution in [3.05, 3.63) is 11.3 Å². The van der Waals surface area contributed by atoms with Gasteiger partial charge < -0.3 is 5.11 Å². The van der Waals surface area contributed by atoms with E-state index in [0.717, 1.165) is 0 Å². The van der Waals surface area contributed by atoms with Crippen LogP contribution in [0.4, 0.5) is 0 Å². The van der Waals surface area contributed by atoms with E-state index in [9.17, 15) is 14.7 Å². The Morgan fingerprint density at radius 2 is 2.00 bits per heavy atom. The van der Waals surface area contributed by atoms with Crippen molar-refractivity contribution >= 4 is 11.6 Å². The molecule has 3 heteroatoms. The predicted molar refractivity (Wildman–Crippen MR) is 57.6 cm³/mol. The maximum absolute atomic E-state index is 11.7. The van der Waals surface area contributed by atoms with Gasteiger partial charge in [-0.25, -0.2) is 0 Å². The molecule has 0 spiro atoms. The number of aliphatic hydroxyl groups is 1.